The number of hydrogen-bond donors (Lipinski definition) is 1. The van der Waals surface area contributed by atoms with Crippen LogP contribution >= 0.6 is 15.9 Å². The molecule has 6 heteroatoms. The monoisotopic (exact) mass is 305 g/mol. The number of anilines is 1. The molecule has 0 aliphatic rings. The van der Waals surface area contributed by atoms with Crippen LogP contribution in [-0.4, -0.2) is 26.3 Å². The summed E-state index contributed by atoms with van der Waals surface area (Å²) in [6.07, 6.45) is 1.09. The van der Waals surface area contributed by atoms with Crippen molar-refractivity contribution in [1.82, 2.24) is 0 Å². The van der Waals surface area contributed by atoms with Gasteiger partial charge in [-0.1, -0.05) is 22.0 Å². The van der Waals surface area contributed by atoms with E-state index < -0.39 is 9.84 Å². The first-order chi connectivity index (χ1) is 7.37. The van der Waals surface area contributed by atoms with E-state index in [4.69, 9.17) is 0 Å². The summed E-state index contributed by atoms with van der Waals surface area (Å²) in [5.41, 5.74) is 0.646. The molecule has 4 nitrogen and oxygen atoms in total. The Bertz CT molecular complexity index is 485. The van der Waals surface area contributed by atoms with Crippen molar-refractivity contribution in [3.8, 4) is 0 Å². The Kier molecular flexibility index (Phi) is 4.49. The van der Waals surface area contributed by atoms with E-state index in [9.17, 15) is 13.2 Å². The maximum absolute atomic E-state index is 11.4. The lowest BCUT2D eigenvalue weighted by Crippen LogP contribution is -2.16. The second-order valence-electron chi connectivity index (χ2n) is 3.44. The molecule has 0 saturated heterocycles. The van der Waals surface area contributed by atoms with Crippen LogP contribution in [0, 0.1) is 0 Å². The van der Waals surface area contributed by atoms with Gasteiger partial charge in [0.1, 0.15) is 9.84 Å². The summed E-state index contributed by atoms with van der Waals surface area (Å²) < 4.78 is 22.6. The number of benzene rings is 1. The lowest BCUT2D eigenvalue weighted by molar-refractivity contribution is -0.115. The molecule has 0 atom stereocenters. The van der Waals surface area contributed by atoms with E-state index in [1.54, 1.807) is 18.2 Å². The Morgan fingerprint density at radius 3 is 2.69 bits per heavy atom. The number of amides is 1. The van der Waals surface area contributed by atoms with Gasteiger partial charge in [0.25, 0.3) is 0 Å². The molecule has 0 radical (unpaired) electrons. The smallest absolute Gasteiger partial charge is 0.225 e. The molecule has 0 aliphatic heterocycles. The molecule has 0 fully saturated rings. The van der Waals surface area contributed by atoms with Gasteiger partial charge in [-0.3, -0.25) is 4.79 Å². The van der Waals surface area contributed by atoms with Gasteiger partial charge in [0, 0.05) is 22.8 Å². The zero-order chi connectivity index (χ0) is 12.2. The van der Waals surface area contributed by atoms with Crippen LogP contribution in [0.1, 0.15) is 6.42 Å². The molecule has 1 rings (SSSR count). The van der Waals surface area contributed by atoms with Crippen LogP contribution in [-0.2, 0) is 14.6 Å². The van der Waals surface area contributed by atoms with Gasteiger partial charge in [-0.15, -0.1) is 0 Å². The van der Waals surface area contributed by atoms with Crippen molar-refractivity contribution in [2.24, 2.45) is 0 Å². The van der Waals surface area contributed by atoms with Crippen molar-refractivity contribution in [2.75, 3.05) is 17.3 Å². The number of rotatable bonds is 4. The fourth-order valence-corrected chi connectivity index (χ4v) is 2.02. The van der Waals surface area contributed by atoms with Crippen molar-refractivity contribution >= 4 is 37.4 Å². The molecule has 0 aliphatic carbocycles. The van der Waals surface area contributed by atoms with Crippen LogP contribution < -0.4 is 5.32 Å². The highest BCUT2D eigenvalue weighted by molar-refractivity contribution is 9.10. The van der Waals surface area contributed by atoms with Crippen LogP contribution in [0.5, 0.6) is 0 Å². The molecule has 16 heavy (non-hydrogen) atoms. The Balaban J connectivity index is 2.52. The number of carbonyl (C=O) groups is 1. The lowest BCUT2D eigenvalue weighted by atomic mass is 10.3. The molecule has 0 heterocycles. The third-order valence-electron chi connectivity index (χ3n) is 1.81. The van der Waals surface area contributed by atoms with E-state index in [1.165, 1.54) is 0 Å². The van der Waals surface area contributed by atoms with Gasteiger partial charge in [0.05, 0.1) is 5.75 Å². The summed E-state index contributed by atoms with van der Waals surface area (Å²) in [5.74, 6) is -0.434. The van der Waals surface area contributed by atoms with Gasteiger partial charge in [0.15, 0.2) is 0 Å². The summed E-state index contributed by atoms with van der Waals surface area (Å²) in [6, 6.07) is 7.11. The highest BCUT2D eigenvalue weighted by Crippen LogP contribution is 2.15. The number of sulfone groups is 1. The zero-order valence-electron chi connectivity index (χ0n) is 8.73. The number of halogens is 1. The van der Waals surface area contributed by atoms with Crippen LogP contribution in [0.25, 0.3) is 0 Å². The Hall–Kier alpha value is -0.880. The Morgan fingerprint density at radius 1 is 1.44 bits per heavy atom. The van der Waals surface area contributed by atoms with E-state index in [-0.39, 0.29) is 18.1 Å². The van der Waals surface area contributed by atoms with Crippen molar-refractivity contribution in [3.05, 3.63) is 28.7 Å². The predicted molar refractivity (Wildman–Crippen MR) is 67.1 cm³/mol. The van der Waals surface area contributed by atoms with E-state index >= 15 is 0 Å². The van der Waals surface area contributed by atoms with E-state index in [0.717, 1.165) is 10.7 Å². The molecule has 0 spiro atoms. The lowest BCUT2D eigenvalue weighted by Gasteiger charge is -2.04. The molecule has 0 saturated carbocycles. The Labute approximate surface area is 103 Å². The summed E-state index contributed by atoms with van der Waals surface area (Å²) in [5, 5.41) is 2.62. The van der Waals surface area contributed by atoms with Crippen LogP contribution in [0.3, 0.4) is 0 Å². The highest BCUT2D eigenvalue weighted by atomic mass is 79.9. The first kappa shape index (κ1) is 13.2. The van der Waals surface area contributed by atoms with Gasteiger partial charge < -0.3 is 5.32 Å². The minimum atomic E-state index is -3.09. The second-order valence-corrected chi connectivity index (χ2v) is 6.61. The summed E-state index contributed by atoms with van der Waals surface area (Å²) >= 11 is 3.28. The van der Waals surface area contributed by atoms with Gasteiger partial charge in [-0.2, -0.15) is 0 Å². The first-order valence-corrected chi connectivity index (χ1v) is 7.45. The third kappa shape index (κ3) is 5.27. The fraction of sp³-hybridized carbons (Fsp3) is 0.300. The molecule has 1 amide bonds. The molecular formula is C10H12BrNO3S. The van der Waals surface area contributed by atoms with Gasteiger partial charge in [0.2, 0.25) is 5.91 Å². The highest BCUT2D eigenvalue weighted by Gasteiger charge is 2.08. The SMILES string of the molecule is CS(=O)(=O)CCC(=O)Nc1cccc(Br)c1. The number of hydrogen-bond acceptors (Lipinski definition) is 3. The molecule has 1 N–H and O–H groups in total. The van der Waals surface area contributed by atoms with Crippen LogP contribution in [0.15, 0.2) is 28.7 Å². The van der Waals surface area contributed by atoms with Gasteiger partial charge in [-0.05, 0) is 18.2 Å². The maximum atomic E-state index is 11.4. The van der Waals surface area contributed by atoms with Crippen LogP contribution in [0.2, 0.25) is 0 Å². The quantitative estimate of drug-likeness (QED) is 0.923. The van der Waals surface area contributed by atoms with Crippen LogP contribution in [0.4, 0.5) is 5.69 Å². The zero-order valence-corrected chi connectivity index (χ0v) is 11.1. The maximum Gasteiger partial charge on any atom is 0.225 e. The molecule has 1 aromatic carbocycles. The molecular weight excluding hydrogens is 294 g/mol. The van der Waals surface area contributed by atoms with Crippen molar-refractivity contribution in [2.45, 2.75) is 6.42 Å². The fourth-order valence-electron chi connectivity index (χ4n) is 1.07. The normalized spacial score (nSPS) is 11.1. The number of nitrogens with one attached hydrogen (secondary N) is 1. The summed E-state index contributed by atoms with van der Waals surface area (Å²) in [6.45, 7) is 0. The third-order valence-corrected chi connectivity index (χ3v) is 3.25. The van der Waals surface area contributed by atoms with Gasteiger partial charge in [-0.25, -0.2) is 8.42 Å². The molecule has 0 unspecified atom stereocenters. The minimum Gasteiger partial charge on any atom is -0.326 e. The first-order valence-electron chi connectivity index (χ1n) is 4.60. The van der Waals surface area contributed by atoms with Gasteiger partial charge >= 0.3 is 0 Å². The molecule has 0 aromatic heterocycles. The van der Waals surface area contributed by atoms with E-state index in [1.807, 2.05) is 6.07 Å². The largest absolute Gasteiger partial charge is 0.326 e. The molecule has 1 aromatic rings. The van der Waals surface area contributed by atoms with Crippen molar-refractivity contribution in [1.29, 1.82) is 0 Å². The average molecular weight is 306 g/mol. The molecule has 88 valence electrons. The second kappa shape index (κ2) is 5.45. The van der Waals surface area contributed by atoms with E-state index in [2.05, 4.69) is 21.2 Å². The number of carbonyl (C=O) groups excluding carboxylic acids is 1. The topological polar surface area (TPSA) is 63.2 Å². The van der Waals surface area contributed by atoms with Crippen molar-refractivity contribution in [3.63, 3.8) is 0 Å². The molecule has 0 bridgehead atoms. The van der Waals surface area contributed by atoms with E-state index in [0.29, 0.717) is 5.69 Å². The summed E-state index contributed by atoms with van der Waals surface area (Å²) in [4.78, 5) is 11.4. The predicted octanol–water partition coefficient (Wildman–Crippen LogP) is 1.82. The average Bonchev–Trinajstić information content (AvgIpc) is 2.14. The summed E-state index contributed by atoms with van der Waals surface area (Å²) in [7, 11) is -3.09. The Morgan fingerprint density at radius 2 is 2.12 bits per heavy atom. The minimum absolute atomic E-state index is 0.0225. The van der Waals surface area contributed by atoms with Crippen molar-refractivity contribution < 1.29 is 13.2 Å². The standard InChI is InChI=1S/C10H12BrNO3S/c1-16(14,15)6-5-10(13)12-9-4-2-3-8(11)7-9/h2-4,7H,5-6H2,1H3,(H,12,13).